The van der Waals surface area contributed by atoms with Crippen LogP contribution < -0.4 is 0 Å². The molecule has 0 aliphatic carbocycles. The summed E-state index contributed by atoms with van der Waals surface area (Å²) in [6.07, 6.45) is 3.60. The Kier molecular flexibility index (Phi) is 6.67. The van der Waals surface area contributed by atoms with Gasteiger partial charge in [0, 0.05) is 22.7 Å². The van der Waals surface area contributed by atoms with Gasteiger partial charge in [-0.25, -0.2) is 10.1 Å². The second kappa shape index (κ2) is 9.62. The van der Waals surface area contributed by atoms with Crippen molar-refractivity contribution in [2.75, 3.05) is 19.9 Å². The number of hydrogen-bond acceptors (Lipinski definition) is 7. The highest BCUT2D eigenvalue weighted by atomic mass is 35.5. The van der Waals surface area contributed by atoms with Crippen LogP contribution in [0, 0.1) is 0 Å². The van der Waals surface area contributed by atoms with Crippen LogP contribution in [0.15, 0.2) is 65.4 Å². The van der Waals surface area contributed by atoms with Gasteiger partial charge < -0.3 is 4.90 Å². The molecule has 2 aromatic carbocycles. The Hall–Kier alpha value is -2.71. The molecule has 0 saturated heterocycles. The molecule has 0 aromatic heterocycles. The smallest absolute Gasteiger partial charge is 0.193 e. The number of benzene rings is 2. The number of hydroxylamine groups is 4. The van der Waals surface area contributed by atoms with Gasteiger partial charge >= 0.3 is 0 Å². The predicted octanol–water partition coefficient (Wildman–Crippen LogP) is 4.06. The van der Waals surface area contributed by atoms with Crippen LogP contribution in [0.3, 0.4) is 0 Å². The van der Waals surface area contributed by atoms with Crippen molar-refractivity contribution in [3.63, 3.8) is 0 Å². The number of fused-ring (bicyclic) bond motifs is 1. The fourth-order valence-electron chi connectivity index (χ4n) is 3.58. The van der Waals surface area contributed by atoms with Crippen LogP contribution in [-0.4, -0.2) is 53.2 Å². The summed E-state index contributed by atoms with van der Waals surface area (Å²) in [5, 5.41) is 4.19. The van der Waals surface area contributed by atoms with Gasteiger partial charge in [-0.15, -0.1) is 5.06 Å². The Labute approximate surface area is 187 Å². The maximum Gasteiger partial charge on any atom is 0.193 e. The number of ketones is 1. The van der Waals surface area contributed by atoms with E-state index in [1.807, 2.05) is 55.7 Å². The van der Waals surface area contributed by atoms with E-state index in [-0.39, 0.29) is 11.9 Å². The fraction of sp³-hybridized carbons (Fsp3) is 0.304. The van der Waals surface area contributed by atoms with Crippen molar-refractivity contribution in [1.82, 2.24) is 15.0 Å². The first kappa shape index (κ1) is 21.5. The maximum absolute atomic E-state index is 12.7. The van der Waals surface area contributed by atoms with E-state index >= 15 is 0 Å². The molecule has 1 unspecified atom stereocenters. The van der Waals surface area contributed by atoms with E-state index in [1.54, 1.807) is 29.3 Å². The highest BCUT2D eigenvalue weighted by molar-refractivity contribution is 6.30. The zero-order chi connectivity index (χ0) is 21.8. The number of carbonyl (C=O) groups is 1. The van der Waals surface area contributed by atoms with E-state index in [9.17, 15) is 4.79 Å². The first-order valence-electron chi connectivity index (χ1n) is 10.3. The molecule has 0 fully saturated rings. The molecule has 162 valence electrons. The van der Waals surface area contributed by atoms with Gasteiger partial charge in [-0.2, -0.15) is 0 Å². The van der Waals surface area contributed by atoms with Crippen molar-refractivity contribution in [2.45, 2.75) is 26.6 Å². The predicted molar refractivity (Wildman–Crippen MR) is 119 cm³/mol. The molecule has 4 rings (SSSR count). The van der Waals surface area contributed by atoms with E-state index < -0.39 is 0 Å². The minimum absolute atomic E-state index is 0.0271. The average molecular weight is 441 g/mol. The van der Waals surface area contributed by atoms with Crippen LogP contribution in [0.5, 0.6) is 0 Å². The highest BCUT2D eigenvalue weighted by Crippen LogP contribution is 2.28. The Morgan fingerprint density at radius 3 is 2.32 bits per heavy atom. The topological polar surface area (TPSA) is 57.6 Å². The number of rotatable bonds is 8. The second-order valence-electron chi connectivity index (χ2n) is 7.16. The average Bonchev–Trinajstić information content (AvgIpc) is 3.18. The van der Waals surface area contributed by atoms with Crippen LogP contribution in [-0.2, 0) is 16.2 Å². The molecule has 0 radical (unpaired) electrons. The standard InChI is InChI=1S/C23H25ClN4O3/c1-3-30-27-14-21-23(28(16-27)31-4-2)25-15-26(21)13-17-5-7-18(8-6-17)22(29)19-9-11-20(24)12-10-19/h5-12,14-15,23H,3-4,13,16H2,1-2H3. The van der Waals surface area contributed by atoms with Crippen molar-refractivity contribution < 1.29 is 14.5 Å². The number of aliphatic imine (C=N–C) groups is 1. The Bertz CT molecular complexity index is 975. The van der Waals surface area contributed by atoms with Gasteiger partial charge in [0.25, 0.3) is 0 Å². The lowest BCUT2D eigenvalue weighted by Gasteiger charge is -2.37. The molecule has 0 amide bonds. The molecule has 7 nitrogen and oxygen atoms in total. The lowest BCUT2D eigenvalue weighted by atomic mass is 10.0. The first-order chi connectivity index (χ1) is 15.1. The summed E-state index contributed by atoms with van der Waals surface area (Å²) < 4.78 is 0. The van der Waals surface area contributed by atoms with Crippen molar-refractivity contribution >= 4 is 23.7 Å². The molecule has 0 saturated carbocycles. The van der Waals surface area contributed by atoms with E-state index in [2.05, 4.69) is 9.89 Å². The van der Waals surface area contributed by atoms with Gasteiger partial charge in [0.05, 0.1) is 31.4 Å². The summed E-state index contributed by atoms with van der Waals surface area (Å²) in [6, 6.07) is 14.6. The Morgan fingerprint density at radius 2 is 1.68 bits per heavy atom. The van der Waals surface area contributed by atoms with Gasteiger partial charge in [-0.1, -0.05) is 35.9 Å². The molecule has 0 N–H and O–H groups in total. The van der Waals surface area contributed by atoms with Gasteiger partial charge in [-0.05, 0) is 43.7 Å². The number of nitrogens with zero attached hydrogens (tertiary/aromatic N) is 4. The van der Waals surface area contributed by atoms with E-state index in [4.69, 9.17) is 21.3 Å². The molecule has 1 atom stereocenters. The largest absolute Gasteiger partial charge is 0.327 e. The third-order valence-corrected chi connectivity index (χ3v) is 5.29. The third kappa shape index (κ3) is 4.80. The zero-order valence-electron chi connectivity index (χ0n) is 17.6. The molecule has 2 aromatic rings. The van der Waals surface area contributed by atoms with Gasteiger partial charge in [0.15, 0.2) is 11.9 Å². The van der Waals surface area contributed by atoms with Crippen LogP contribution in [0.4, 0.5) is 0 Å². The minimum atomic E-state index is -0.192. The van der Waals surface area contributed by atoms with Crippen LogP contribution in [0.25, 0.3) is 0 Å². The summed E-state index contributed by atoms with van der Waals surface area (Å²) in [7, 11) is 0. The molecule has 2 heterocycles. The summed E-state index contributed by atoms with van der Waals surface area (Å²) in [6.45, 7) is 6.14. The van der Waals surface area contributed by atoms with E-state index in [1.165, 1.54) is 0 Å². The molecule has 2 aliphatic rings. The van der Waals surface area contributed by atoms with Gasteiger partial charge in [0.2, 0.25) is 0 Å². The second-order valence-corrected chi connectivity index (χ2v) is 7.60. The molecule has 8 heteroatoms. The molecular formula is C23H25ClN4O3. The normalized spacial score (nSPS) is 18.3. The lowest BCUT2D eigenvalue weighted by Crippen LogP contribution is -2.47. The van der Waals surface area contributed by atoms with Crippen molar-refractivity contribution in [3.8, 4) is 0 Å². The van der Waals surface area contributed by atoms with Crippen molar-refractivity contribution in [1.29, 1.82) is 0 Å². The lowest BCUT2D eigenvalue weighted by molar-refractivity contribution is -0.255. The highest BCUT2D eigenvalue weighted by Gasteiger charge is 2.35. The molecule has 31 heavy (non-hydrogen) atoms. The minimum Gasteiger partial charge on any atom is -0.327 e. The SMILES string of the molecule is CCON1C=C2C(N=CN2Cc2ccc(C(=O)c3ccc(Cl)cc3)cc2)N(OCC)C1. The summed E-state index contributed by atoms with van der Waals surface area (Å²) in [4.78, 5) is 30.8. The summed E-state index contributed by atoms with van der Waals surface area (Å²) in [5.41, 5.74) is 3.30. The molecule has 0 spiro atoms. The molecular weight excluding hydrogens is 416 g/mol. The van der Waals surface area contributed by atoms with Crippen molar-refractivity contribution in [2.24, 2.45) is 4.99 Å². The monoisotopic (exact) mass is 440 g/mol. The third-order valence-electron chi connectivity index (χ3n) is 5.04. The molecule has 0 bridgehead atoms. The van der Waals surface area contributed by atoms with Crippen LogP contribution in [0.2, 0.25) is 5.02 Å². The van der Waals surface area contributed by atoms with E-state index in [0.29, 0.717) is 42.6 Å². The number of carbonyl (C=O) groups excluding carboxylic acids is 1. The van der Waals surface area contributed by atoms with Crippen molar-refractivity contribution in [3.05, 3.63) is 82.1 Å². The summed E-state index contributed by atoms with van der Waals surface area (Å²) >= 11 is 5.91. The van der Waals surface area contributed by atoms with Crippen LogP contribution >= 0.6 is 11.6 Å². The van der Waals surface area contributed by atoms with Crippen LogP contribution in [0.1, 0.15) is 35.3 Å². The van der Waals surface area contributed by atoms with Gasteiger partial charge in [-0.3, -0.25) is 14.5 Å². The Balaban J connectivity index is 1.47. The maximum atomic E-state index is 12.7. The van der Waals surface area contributed by atoms with E-state index in [0.717, 1.165) is 11.3 Å². The Morgan fingerprint density at radius 1 is 1.03 bits per heavy atom. The summed E-state index contributed by atoms with van der Waals surface area (Å²) in [5.74, 6) is -0.0271. The number of halogens is 1. The fourth-order valence-corrected chi connectivity index (χ4v) is 3.71. The number of hydrogen-bond donors (Lipinski definition) is 0. The quantitative estimate of drug-likeness (QED) is 0.577. The molecule has 2 aliphatic heterocycles. The van der Waals surface area contributed by atoms with Gasteiger partial charge in [0.1, 0.15) is 6.67 Å². The zero-order valence-corrected chi connectivity index (χ0v) is 18.3. The first-order valence-corrected chi connectivity index (χ1v) is 10.7.